The number of amides is 1. The second-order valence-corrected chi connectivity index (χ2v) is 4.80. The number of aromatic nitrogens is 1. The van der Waals surface area contributed by atoms with Crippen molar-refractivity contribution in [2.24, 2.45) is 5.92 Å². The van der Waals surface area contributed by atoms with Crippen LogP contribution in [-0.2, 0) is 0 Å². The third kappa shape index (κ3) is 4.73. The molecule has 4 heteroatoms. The maximum atomic E-state index is 11.9. The van der Waals surface area contributed by atoms with E-state index < -0.39 is 0 Å². The van der Waals surface area contributed by atoms with E-state index in [9.17, 15) is 4.79 Å². The molecule has 1 aromatic heterocycles. The first-order valence-electron chi connectivity index (χ1n) is 6.56. The molecule has 4 nitrogen and oxygen atoms in total. The van der Waals surface area contributed by atoms with Gasteiger partial charge in [-0.3, -0.25) is 4.79 Å². The summed E-state index contributed by atoms with van der Waals surface area (Å²) >= 11 is 0. The molecule has 0 bridgehead atoms. The minimum atomic E-state index is -0.0583. The third-order valence-electron chi connectivity index (χ3n) is 2.78. The van der Waals surface area contributed by atoms with Crippen LogP contribution in [0.5, 0.6) is 0 Å². The molecule has 0 aromatic carbocycles. The number of rotatable bonds is 7. The van der Waals surface area contributed by atoms with Crippen LogP contribution in [0.4, 0.5) is 5.82 Å². The van der Waals surface area contributed by atoms with Gasteiger partial charge in [0.25, 0.3) is 5.91 Å². The predicted octanol–water partition coefficient (Wildman–Crippen LogP) is 2.68. The Morgan fingerprint density at radius 3 is 2.83 bits per heavy atom. The highest BCUT2D eigenvalue weighted by molar-refractivity contribution is 5.98. The van der Waals surface area contributed by atoms with Gasteiger partial charge in [-0.05, 0) is 24.5 Å². The smallest absolute Gasteiger partial charge is 0.255 e. The topological polar surface area (TPSA) is 54.0 Å². The molecule has 0 fully saturated rings. The first-order chi connectivity index (χ1) is 8.65. The quantitative estimate of drug-likeness (QED) is 0.730. The molecule has 1 amide bonds. The van der Waals surface area contributed by atoms with Crippen LogP contribution >= 0.6 is 0 Å². The Morgan fingerprint density at radius 2 is 2.17 bits per heavy atom. The van der Waals surface area contributed by atoms with Crippen LogP contribution in [0.15, 0.2) is 18.3 Å². The standard InChI is InChI=1S/C14H23N3O/c1-11(2)7-4-5-9-17-14(18)12-8-6-10-16-13(12)15-3/h6,8,10-11H,4-5,7,9H2,1-3H3,(H,15,16)(H,17,18). The van der Waals surface area contributed by atoms with Crippen molar-refractivity contribution < 1.29 is 4.79 Å². The lowest BCUT2D eigenvalue weighted by Gasteiger charge is -2.09. The summed E-state index contributed by atoms with van der Waals surface area (Å²) in [4.78, 5) is 16.0. The van der Waals surface area contributed by atoms with Crippen LogP contribution in [0.3, 0.4) is 0 Å². The summed E-state index contributed by atoms with van der Waals surface area (Å²) in [5.41, 5.74) is 0.601. The molecule has 0 aliphatic carbocycles. The Kier molecular flexibility index (Phi) is 6.19. The molecule has 1 rings (SSSR count). The molecule has 18 heavy (non-hydrogen) atoms. The molecular formula is C14H23N3O. The zero-order valence-electron chi connectivity index (χ0n) is 11.5. The average molecular weight is 249 g/mol. The molecule has 0 aliphatic rings. The first kappa shape index (κ1) is 14.5. The average Bonchev–Trinajstić information content (AvgIpc) is 2.37. The minimum absolute atomic E-state index is 0.0583. The van der Waals surface area contributed by atoms with E-state index in [0.717, 1.165) is 25.3 Å². The highest BCUT2D eigenvalue weighted by atomic mass is 16.1. The van der Waals surface area contributed by atoms with E-state index in [1.807, 2.05) is 0 Å². The highest BCUT2D eigenvalue weighted by Crippen LogP contribution is 2.10. The summed E-state index contributed by atoms with van der Waals surface area (Å²) in [7, 11) is 1.77. The molecule has 1 aromatic rings. The molecular weight excluding hydrogens is 226 g/mol. The van der Waals surface area contributed by atoms with Crippen LogP contribution in [0.25, 0.3) is 0 Å². The number of unbranched alkanes of at least 4 members (excludes halogenated alkanes) is 1. The second-order valence-electron chi connectivity index (χ2n) is 4.80. The van der Waals surface area contributed by atoms with Gasteiger partial charge in [-0.15, -0.1) is 0 Å². The number of hydrogen-bond acceptors (Lipinski definition) is 3. The maximum absolute atomic E-state index is 11.9. The van der Waals surface area contributed by atoms with E-state index in [4.69, 9.17) is 0 Å². The lowest BCUT2D eigenvalue weighted by Crippen LogP contribution is -2.25. The summed E-state index contributed by atoms with van der Waals surface area (Å²) in [6.45, 7) is 5.16. The van der Waals surface area contributed by atoms with Crippen molar-refractivity contribution in [2.45, 2.75) is 33.1 Å². The third-order valence-corrected chi connectivity index (χ3v) is 2.78. The summed E-state index contributed by atoms with van der Waals surface area (Å²) < 4.78 is 0. The summed E-state index contributed by atoms with van der Waals surface area (Å²) in [6, 6.07) is 3.55. The molecule has 0 radical (unpaired) electrons. The fourth-order valence-corrected chi connectivity index (χ4v) is 1.76. The molecule has 0 unspecified atom stereocenters. The van der Waals surface area contributed by atoms with Gasteiger partial charge in [0.2, 0.25) is 0 Å². The van der Waals surface area contributed by atoms with E-state index in [1.54, 1.807) is 25.4 Å². The summed E-state index contributed by atoms with van der Waals surface area (Å²) in [6.07, 6.45) is 5.07. The second kappa shape index (κ2) is 7.69. The van der Waals surface area contributed by atoms with E-state index in [0.29, 0.717) is 11.4 Å². The van der Waals surface area contributed by atoms with Gasteiger partial charge in [0.05, 0.1) is 5.56 Å². The van der Waals surface area contributed by atoms with Gasteiger partial charge in [-0.2, -0.15) is 0 Å². The van der Waals surface area contributed by atoms with Crippen molar-refractivity contribution >= 4 is 11.7 Å². The fraction of sp³-hybridized carbons (Fsp3) is 0.571. The molecule has 100 valence electrons. The van der Waals surface area contributed by atoms with Crippen molar-refractivity contribution in [3.8, 4) is 0 Å². The van der Waals surface area contributed by atoms with Gasteiger partial charge in [0.1, 0.15) is 5.82 Å². The predicted molar refractivity (Wildman–Crippen MR) is 74.8 cm³/mol. The van der Waals surface area contributed by atoms with Crippen LogP contribution in [0.2, 0.25) is 0 Å². The first-order valence-corrected chi connectivity index (χ1v) is 6.56. The molecule has 0 atom stereocenters. The number of carbonyl (C=O) groups excluding carboxylic acids is 1. The van der Waals surface area contributed by atoms with E-state index in [-0.39, 0.29) is 5.91 Å². The molecule has 0 aliphatic heterocycles. The lowest BCUT2D eigenvalue weighted by atomic mass is 10.1. The van der Waals surface area contributed by atoms with Crippen LogP contribution in [0, 0.1) is 5.92 Å². The van der Waals surface area contributed by atoms with E-state index >= 15 is 0 Å². The molecule has 1 heterocycles. The highest BCUT2D eigenvalue weighted by Gasteiger charge is 2.09. The molecule has 0 spiro atoms. The Morgan fingerprint density at radius 1 is 1.39 bits per heavy atom. The van der Waals surface area contributed by atoms with Gasteiger partial charge < -0.3 is 10.6 Å². The van der Waals surface area contributed by atoms with Crippen molar-refractivity contribution in [2.75, 3.05) is 18.9 Å². The van der Waals surface area contributed by atoms with Crippen LogP contribution < -0.4 is 10.6 Å². The van der Waals surface area contributed by atoms with Gasteiger partial charge in [0.15, 0.2) is 0 Å². The van der Waals surface area contributed by atoms with Gasteiger partial charge in [-0.1, -0.05) is 26.7 Å². The van der Waals surface area contributed by atoms with Gasteiger partial charge in [-0.25, -0.2) is 4.98 Å². The maximum Gasteiger partial charge on any atom is 0.255 e. The fourth-order valence-electron chi connectivity index (χ4n) is 1.76. The van der Waals surface area contributed by atoms with Crippen molar-refractivity contribution in [3.63, 3.8) is 0 Å². The number of nitrogens with one attached hydrogen (secondary N) is 2. The van der Waals surface area contributed by atoms with Crippen molar-refractivity contribution in [1.29, 1.82) is 0 Å². The van der Waals surface area contributed by atoms with Gasteiger partial charge >= 0.3 is 0 Å². The molecule has 2 N–H and O–H groups in total. The zero-order valence-corrected chi connectivity index (χ0v) is 11.5. The Bertz CT molecular complexity index is 377. The van der Waals surface area contributed by atoms with E-state index in [2.05, 4.69) is 29.5 Å². The van der Waals surface area contributed by atoms with Crippen LogP contribution in [0.1, 0.15) is 43.5 Å². The van der Waals surface area contributed by atoms with Crippen molar-refractivity contribution in [1.82, 2.24) is 10.3 Å². The number of nitrogens with zero attached hydrogens (tertiary/aromatic N) is 1. The number of carbonyl (C=O) groups is 1. The summed E-state index contributed by atoms with van der Waals surface area (Å²) in [5.74, 6) is 1.30. The van der Waals surface area contributed by atoms with E-state index in [1.165, 1.54) is 6.42 Å². The van der Waals surface area contributed by atoms with Crippen LogP contribution in [-0.4, -0.2) is 24.5 Å². The number of anilines is 1. The van der Waals surface area contributed by atoms with Gasteiger partial charge in [0, 0.05) is 19.8 Å². The number of hydrogen-bond donors (Lipinski definition) is 2. The Hall–Kier alpha value is -1.58. The Balaban J connectivity index is 2.36. The monoisotopic (exact) mass is 249 g/mol. The largest absolute Gasteiger partial charge is 0.372 e. The summed E-state index contributed by atoms with van der Waals surface area (Å²) in [5, 5.41) is 5.85. The Labute approximate surface area is 109 Å². The van der Waals surface area contributed by atoms with Crippen molar-refractivity contribution in [3.05, 3.63) is 23.9 Å². The number of pyridine rings is 1. The lowest BCUT2D eigenvalue weighted by molar-refractivity contribution is 0.0953. The minimum Gasteiger partial charge on any atom is -0.372 e. The molecule has 0 saturated carbocycles. The zero-order chi connectivity index (χ0) is 13.4. The molecule has 0 saturated heterocycles. The SMILES string of the molecule is CNc1ncccc1C(=O)NCCCCC(C)C. The normalized spacial score (nSPS) is 10.4.